The second-order valence-corrected chi connectivity index (χ2v) is 33.5. The van der Waals surface area contributed by atoms with Crippen LogP contribution < -0.4 is 53.2 Å². The van der Waals surface area contributed by atoms with Crippen LogP contribution >= 0.6 is 34.8 Å². The Morgan fingerprint density at radius 3 is 1.45 bits per heavy atom. The summed E-state index contributed by atoms with van der Waals surface area (Å²) in [5.74, 6) is -6.50. The van der Waals surface area contributed by atoms with E-state index in [0.717, 1.165) is 33.5 Å². The van der Waals surface area contributed by atoms with E-state index in [1.807, 2.05) is 78.5 Å². The number of carboxylic acid groups (broad SMARTS) is 5. The number of thiocarbonyl (C=S) groups is 1. The zero-order valence-electron chi connectivity index (χ0n) is 78.2. The Kier molecular flexibility index (Phi) is 63.2. The van der Waals surface area contributed by atoms with E-state index in [2.05, 4.69) is 95.8 Å². The molecule has 2 heterocycles. The van der Waals surface area contributed by atoms with Crippen molar-refractivity contribution < 1.29 is 130 Å². The number of likely N-dealkylation sites (N-methyl/N-ethyl adjacent to an activating group) is 2. The number of carbonyl (C=O) groups excluding carboxylic acids is 6. The number of aromatic nitrogens is 3. The summed E-state index contributed by atoms with van der Waals surface area (Å²) in [6.07, 6.45) is 6.31. The fourth-order valence-electron chi connectivity index (χ4n) is 13.3. The number of urea groups is 2. The van der Waals surface area contributed by atoms with Gasteiger partial charge in [0.15, 0.2) is 5.11 Å². The summed E-state index contributed by atoms with van der Waals surface area (Å²) in [5.41, 5.74) is 4.48. The van der Waals surface area contributed by atoms with E-state index < -0.39 is 65.9 Å². The van der Waals surface area contributed by atoms with Crippen molar-refractivity contribution in [2.75, 3.05) is 262 Å². The van der Waals surface area contributed by atoms with Gasteiger partial charge in [0.1, 0.15) is 23.8 Å². The second-order valence-electron chi connectivity index (χ2n) is 31.8. The molecule has 1 saturated heterocycles. The summed E-state index contributed by atoms with van der Waals surface area (Å²) in [6, 6.07) is 18.3. The molecule has 1 aliphatic rings. The molecule has 1 fully saturated rings. The molecule has 0 aliphatic carbocycles. The third kappa shape index (κ3) is 58.9. The fraction of sp³-hybridized carbons (Fsp3) is 0.644. The predicted molar refractivity (Wildman–Crippen MR) is 514 cm³/mol. The molecule has 8 amide bonds. The van der Waals surface area contributed by atoms with Crippen molar-refractivity contribution in [3.63, 3.8) is 0 Å². The second kappa shape index (κ2) is 73.6. The van der Waals surface area contributed by atoms with E-state index in [1.165, 1.54) is 4.80 Å². The number of unbranched alkanes of at least 4 members (excludes halogenated alkanes) is 3. The van der Waals surface area contributed by atoms with Crippen LogP contribution in [0.3, 0.4) is 0 Å². The first-order valence-corrected chi connectivity index (χ1v) is 47.7. The van der Waals surface area contributed by atoms with Crippen molar-refractivity contribution in [3.8, 4) is 11.3 Å². The molecule has 4 aromatic rings. The van der Waals surface area contributed by atoms with Gasteiger partial charge in [0.2, 0.25) is 23.6 Å². The number of hydrogen-bond acceptors (Lipinski definition) is 29. The Morgan fingerprint density at radius 2 is 0.897 bits per heavy atom. The highest BCUT2D eigenvalue weighted by Crippen LogP contribution is 2.22. The van der Waals surface area contributed by atoms with Crippen LogP contribution in [0.4, 0.5) is 21.0 Å². The Hall–Kier alpha value is -9.61. The molecule has 0 radical (unpaired) electrons. The van der Waals surface area contributed by atoms with Crippen LogP contribution in [-0.2, 0) is 115 Å². The van der Waals surface area contributed by atoms with Gasteiger partial charge in [-0.25, -0.2) is 19.2 Å². The minimum absolute atomic E-state index is 0.0000888. The van der Waals surface area contributed by atoms with Crippen LogP contribution in [0, 0.1) is 3.57 Å². The maximum Gasteiger partial charge on any atom is 0.326 e. The number of amides is 8. The Bertz CT molecular complexity index is 4080. The number of carbonyl (C=O) groups is 11. The fourth-order valence-corrected chi connectivity index (χ4v) is 13.9. The molecular weight excluding hydrogens is 1910 g/mol. The highest BCUT2D eigenvalue weighted by Gasteiger charge is 2.27. The molecule has 4 atom stereocenters. The molecule has 136 heavy (non-hydrogen) atoms. The first-order chi connectivity index (χ1) is 65.8. The first-order valence-electron chi connectivity index (χ1n) is 46.2. The Balaban J connectivity index is 0.913. The Labute approximate surface area is 813 Å². The smallest absolute Gasteiger partial charge is 0.326 e. The molecule has 46 heteroatoms. The van der Waals surface area contributed by atoms with Gasteiger partial charge in [-0.15, -0.1) is 0 Å². The predicted octanol–water partition coefficient (Wildman–Crippen LogP) is 2.84. The number of nitrogens with one attached hydrogen (secondary N) is 10. The maximum atomic E-state index is 13.7. The molecular formula is C90H142IN17O27S. The quantitative estimate of drug-likeness (QED) is 0.0172. The van der Waals surface area contributed by atoms with Gasteiger partial charge in [-0.3, -0.25) is 43.4 Å². The van der Waals surface area contributed by atoms with Crippen LogP contribution in [0.15, 0.2) is 79.0 Å². The third-order valence-corrected chi connectivity index (χ3v) is 21.7. The number of ether oxygens (including phenoxy) is 11. The van der Waals surface area contributed by atoms with Crippen molar-refractivity contribution >= 4 is 117 Å². The van der Waals surface area contributed by atoms with Gasteiger partial charge >= 0.3 is 41.9 Å². The van der Waals surface area contributed by atoms with Crippen LogP contribution in [0.5, 0.6) is 0 Å². The molecule has 5 rings (SSSR count). The van der Waals surface area contributed by atoms with Crippen molar-refractivity contribution in [3.05, 3.63) is 93.7 Å². The van der Waals surface area contributed by atoms with Gasteiger partial charge < -0.3 is 141 Å². The number of rotatable bonds is 75. The molecule has 15 N–H and O–H groups in total. The number of benzene rings is 3. The normalized spacial score (nSPS) is 14.2. The summed E-state index contributed by atoms with van der Waals surface area (Å²) in [6.45, 7) is 11.8. The van der Waals surface area contributed by atoms with Crippen molar-refractivity contribution in [2.24, 2.45) is 0 Å². The van der Waals surface area contributed by atoms with Crippen molar-refractivity contribution in [2.45, 2.75) is 127 Å². The summed E-state index contributed by atoms with van der Waals surface area (Å²) < 4.78 is 62.8. The van der Waals surface area contributed by atoms with E-state index in [-0.39, 0.29) is 168 Å². The van der Waals surface area contributed by atoms with Crippen molar-refractivity contribution in [1.82, 2.24) is 77.1 Å². The van der Waals surface area contributed by atoms with E-state index in [9.17, 15) is 73.2 Å². The standard InChI is InChI=1S/C90H142IN17O27S/c1-104-32-34-105(2)74(65-107(67-84(116)117)37-36-106(35-33-104)66-83(114)115)61-68-19-23-72(24-20-68)99-90(136)96-29-8-3-13-75(100-79(109)25-39-125-43-47-129-50-46-128-42-38-108-97-64-78(103-108)70-11-9-12-73(63-70)98-88(123)94-28-7-5-15-77(87(121)122)102-89(124)95-30-10-16-82(112)113)85(118)93-31-41-127-45-49-131-52-54-133-56-58-135-60-59-134-57-55-132-53-51-130-48-44-126-40-26-80(110)101-76(86(119)120)14-4-6-27-92-81(111)62-69-17-21-71(91)22-18-69/h9,11-12,17-24,63-64,74-77H,3-8,10,13-16,25-62,65-67H2,1-2H3,(H,92,111)(H,93,118)(H,100,109)(H,101,110)(H,112,113)(H,114,115)(H,116,117)(H,119,120)(H,121,122)(H2,94,98,123)(H2,95,102,124)(H2,96,99,136)/t74?,75?,76-,77?/m0/s1. The lowest BCUT2D eigenvalue weighted by Gasteiger charge is -2.36. The Morgan fingerprint density at radius 1 is 0.434 bits per heavy atom. The van der Waals surface area contributed by atoms with Gasteiger partial charge in [-0.2, -0.15) is 15.0 Å². The van der Waals surface area contributed by atoms with Crippen LogP contribution in [0.1, 0.15) is 94.6 Å². The summed E-state index contributed by atoms with van der Waals surface area (Å²) >= 11 is 7.86. The van der Waals surface area contributed by atoms with E-state index in [1.54, 1.807) is 24.4 Å². The zero-order chi connectivity index (χ0) is 98.4. The summed E-state index contributed by atoms with van der Waals surface area (Å²) in [7, 11) is 4.06. The molecule has 3 aromatic carbocycles. The molecule has 762 valence electrons. The number of anilines is 2. The van der Waals surface area contributed by atoms with Gasteiger partial charge in [0.25, 0.3) is 0 Å². The lowest BCUT2D eigenvalue weighted by atomic mass is 10.0. The topological polar surface area (TPSA) is 554 Å². The molecule has 0 spiro atoms. The lowest BCUT2D eigenvalue weighted by Crippen LogP contribution is -2.50. The van der Waals surface area contributed by atoms with Crippen molar-refractivity contribution in [1.29, 1.82) is 0 Å². The number of hydrogen-bond donors (Lipinski definition) is 15. The monoisotopic (exact) mass is 2050 g/mol. The highest BCUT2D eigenvalue weighted by atomic mass is 127. The molecule has 44 nitrogen and oxygen atoms in total. The highest BCUT2D eigenvalue weighted by molar-refractivity contribution is 14.1. The average Bonchev–Trinajstić information content (AvgIpc) is 1.80. The van der Waals surface area contributed by atoms with Gasteiger partial charge in [0.05, 0.1) is 178 Å². The minimum Gasteiger partial charge on any atom is -0.481 e. The largest absolute Gasteiger partial charge is 0.481 e. The van der Waals surface area contributed by atoms with Gasteiger partial charge in [-0.05, 0) is 167 Å². The van der Waals surface area contributed by atoms with Crippen LogP contribution in [0.2, 0.25) is 0 Å². The van der Waals surface area contributed by atoms with E-state index >= 15 is 0 Å². The number of nitrogens with zero attached hydrogens (tertiary/aromatic N) is 7. The van der Waals surface area contributed by atoms with E-state index in [4.69, 9.17) is 69.4 Å². The SMILES string of the molecule is CN1CCN(CC(=O)O)CCN(CC(=O)O)CC(Cc2ccc(NC(=S)NCCCCC(NC(=O)CCOCCOCCOCCn3ncc(-c4cccc(NC(=O)NCCCCC(NC(=O)NCCCC(=O)O)C(=O)O)c4)n3)C(=O)NCCOCCOCCOCCOCCOCCOCCOCCOCCC(=O)N[C@@H](CCCCNC(=O)Cc3ccc(I)cc3)C(=O)O)cc2)N(C)CC1. The lowest BCUT2D eigenvalue weighted by molar-refractivity contribution is -0.142. The molecule has 3 unspecified atom stereocenters. The van der Waals surface area contributed by atoms with Crippen LogP contribution in [0.25, 0.3) is 11.3 Å². The number of halogens is 1. The summed E-state index contributed by atoms with van der Waals surface area (Å²) in [4.78, 5) is 144. The van der Waals surface area contributed by atoms with Gasteiger partial charge in [0, 0.05) is 124 Å². The molecule has 0 bridgehead atoms. The summed E-state index contributed by atoms with van der Waals surface area (Å²) in [5, 5.41) is 84.4. The third-order valence-electron chi connectivity index (χ3n) is 20.8. The number of carboxylic acids is 5. The van der Waals surface area contributed by atoms with Gasteiger partial charge in [-0.1, -0.05) is 36.4 Å². The minimum atomic E-state index is -1.22. The molecule has 1 aliphatic heterocycles. The molecule has 1 aromatic heterocycles. The zero-order valence-corrected chi connectivity index (χ0v) is 81.2. The average molecular weight is 2050 g/mol. The maximum absolute atomic E-state index is 13.7. The molecule has 0 saturated carbocycles. The van der Waals surface area contributed by atoms with Crippen LogP contribution in [-0.4, -0.2) is 406 Å². The number of aliphatic carboxylic acids is 5. The first kappa shape index (κ1) is 117. The van der Waals surface area contributed by atoms with E-state index in [0.29, 0.717) is 205 Å².